The molecule has 7 heteroatoms. The van der Waals surface area contributed by atoms with Crippen LogP contribution in [0, 0.1) is 6.92 Å². The van der Waals surface area contributed by atoms with Crippen molar-refractivity contribution in [1.29, 1.82) is 0 Å². The zero-order valence-electron chi connectivity index (χ0n) is 12.7. The minimum atomic E-state index is -3.86. The van der Waals surface area contributed by atoms with Crippen molar-refractivity contribution < 1.29 is 17.9 Å². The highest BCUT2D eigenvalue weighted by atomic mass is 35.5. The van der Waals surface area contributed by atoms with E-state index in [0.717, 1.165) is 11.1 Å². The molecule has 0 radical (unpaired) electrons. The van der Waals surface area contributed by atoms with E-state index in [4.69, 9.17) is 11.6 Å². The molecule has 0 aromatic heterocycles. The first kappa shape index (κ1) is 17.5. The van der Waals surface area contributed by atoms with Crippen LogP contribution < -0.4 is 4.72 Å². The van der Waals surface area contributed by atoms with Crippen LogP contribution in [0.1, 0.15) is 21.5 Å². The van der Waals surface area contributed by atoms with Gasteiger partial charge in [-0.25, -0.2) is 17.9 Å². The van der Waals surface area contributed by atoms with Crippen molar-refractivity contribution in [3.63, 3.8) is 0 Å². The number of carbonyl (C=O) groups is 1. The van der Waals surface area contributed by atoms with E-state index in [9.17, 15) is 13.2 Å². The summed E-state index contributed by atoms with van der Waals surface area (Å²) in [6.07, 6.45) is 0. The number of halogens is 1. The van der Waals surface area contributed by atoms with Gasteiger partial charge in [-0.15, -0.1) is 0 Å². The highest BCUT2D eigenvalue weighted by Crippen LogP contribution is 2.23. The average Bonchev–Trinajstić information content (AvgIpc) is 2.52. The van der Waals surface area contributed by atoms with Crippen molar-refractivity contribution in [2.45, 2.75) is 18.4 Å². The lowest BCUT2D eigenvalue weighted by atomic mass is 10.1. The summed E-state index contributed by atoms with van der Waals surface area (Å²) in [6.45, 7) is 2.05. The molecule has 1 N–H and O–H groups in total. The van der Waals surface area contributed by atoms with Crippen molar-refractivity contribution in [3.05, 3.63) is 64.2 Å². The van der Waals surface area contributed by atoms with Crippen LogP contribution in [0.3, 0.4) is 0 Å². The van der Waals surface area contributed by atoms with Gasteiger partial charge in [0.1, 0.15) is 4.90 Å². The predicted molar refractivity (Wildman–Crippen MR) is 88.0 cm³/mol. The number of hydrogen-bond donors (Lipinski definition) is 1. The number of esters is 1. The smallest absolute Gasteiger partial charge is 0.337 e. The number of carbonyl (C=O) groups excluding carboxylic acids is 1. The molecular weight excluding hydrogens is 338 g/mol. The van der Waals surface area contributed by atoms with Gasteiger partial charge in [0.15, 0.2) is 0 Å². The second-order valence-electron chi connectivity index (χ2n) is 4.95. The summed E-state index contributed by atoms with van der Waals surface area (Å²) < 4.78 is 31.9. The topological polar surface area (TPSA) is 72.5 Å². The van der Waals surface area contributed by atoms with Crippen molar-refractivity contribution in [2.24, 2.45) is 0 Å². The Hall–Kier alpha value is -1.89. The Morgan fingerprint density at radius 3 is 2.61 bits per heavy atom. The Bertz CT molecular complexity index is 834. The Labute approximate surface area is 140 Å². The molecule has 0 unspecified atom stereocenters. The van der Waals surface area contributed by atoms with E-state index in [1.165, 1.54) is 25.3 Å². The third kappa shape index (κ3) is 4.31. The van der Waals surface area contributed by atoms with Crippen LogP contribution in [0.5, 0.6) is 0 Å². The molecule has 0 aliphatic heterocycles. The molecule has 2 rings (SSSR count). The Morgan fingerprint density at radius 1 is 1.22 bits per heavy atom. The lowest BCUT2D eigenvalue weighted by Gasteiger charge is -2.10. The SMILES string of the molecule is COC(=O)c1ccc(Cl)c(S(=O)(=O)NCc2cccc(C)c2)c1. The van der Waals surface area contributed by atoms with Crippen LogP contribution in [0.4, 0.5) is 0 Å². The number of nitrogens with one attached hydrogen (secondary N) is 1. The summed E-state index contributed by atoms with van der Waals surface area (Å²) in [5.74, 6) is -0.628. The minimum absolute atomic E-state index is 0.0365. The summed E-state index contributed by atoms with van der Waals surface area (Å²) in [5.41, 5.74) is 1.98. The van der Waals surface area contributed by atoms with Crippen LogP contribution in [0.15, 0.2) is 47.4 Å². The first-order valence-electron chi connectivity index (χ1n) is 6.76. The Morgan fingerprint density at radius 2 is 1.96 bits per heavy atom. The maximum absolute atomic E-state index is 12.4. The normalized spacial score (nSPS) is 11.3. The third-order valence-corrected chi connectivity index (χ3v) is 5.07. The van der Waals surface area contributed by atoms with Gasteiger partial charge in [0.05, 0.1) is 17.7 Å². The third-order valence-electron chi connectivity index (χ3n) is 3.19. The van der Waals surface area contributed by atoms with E-state index < -0.39 is 16.0 Å². The molecule has 0 saturated heterocycles. The molecule has 0 fully saturated rings. The molecule has 23 heavy (non-hydrogen) atoms. The lowest BCUT2D eigenvalue weighted by Crippen LogP contribution is -2.24. The number of methoxy groups -OCH3 is 1. The van der Waals surface area contributed by atoms with Crippen molar-refractivity contribution >= 4 is 27.6 Å². The van der Waals surface area contributed by atoms with Gasteiger partial charge in [0.2, 0.25) is 10.0 Å². The number of benzene rings is 2. The van der Waals surface area contributed by atoms with Crippen molar-refractivity contribution in [3.8, 4) is 0 Å². The molecule has 5 nitrogen and oxygen atoms in total. The number of ether oxygens (including phenoxy) is 1. The second kappa shape index (κ2) is 7.12. The van der Waals surface area contributed by atoms with Crippen LogP contribution >= 0.6 is 11.6 Å². The fourth-order valence-electron chi connectivity index (χ4n) is 2.03. The summed E-state index contributed by atoms with van der Waals surface area (Å²) in [4.78, 5) is 11.4. The average molecular weight is 354 g/mol. The molecule has 0 bridgehead atoms. The number of aryl methyl sites for hydroxylation is 1. The van der Waals surface area contributed by atoms with Crippen LogP contribution in [-0.2, 0) is 21.3 Å². The molecule has 2 aromatic rings. The molecule has 0 aliphatic rings. The van der Waals surface area contributed by atoms with E-state index in [0.29, 0.717) is 0 Å². The Balaban J connectivity index is 2.27. The quantitative estimate of drug-likeness (QED) is 0.839. The van der Waals surface area contributed by atoms with Crippen molar-refractivity contribution in [1.82, 2.24) is 4.72 Å². The van der Waals surface area contributed by atoms with E-state index in [1.54, 1.807) is 0 Å². The summed E-state index contributed by atoms with van der Waals surface area (Å²) >= 11 is 5.96. The van der Waals surface area contributed by atoms with Gasteiger partial charge in [0.25, 0.3) is 0 Å². The predicted octanol–water partition coefficient (Wildman–Crippen LogP) is 2.91. The van der Waals surface area contributed by atoms with Gasteiger partial charge in [0, 0.05) is 6.54 Å². The standard InChI is InChI=1S/C16H16ClNO4S/c1-11-4-3-5-12(8-11)10-18-23(20,21)15-9-13(16(19)22-2)6-7-14(15)17/h3-9,18H,10H2,1-2H3. The Kier molecular flexibility index (Phi) is 5.41. The number of hydrogen-bond acceptors (Lipinski definition) is 4. The summed E-state index contributed by atoms with van der Waals surface area (Å²) in [5, 5.41) is 0.0365. The minimum Gasteiger partial charge on any atom is -0.465 e. The number of rotatable bonds is 5. The van der Waals surface area contributed by atoms with Gasteiger partial charge >= 0.3 is 5.97 Å². The van der Waals surface area contributed by atoms with Gasteiger partial charge in [-0.3, -0.25) is 0 Å². The van der Waals surface area contributed by atoms with Crippen LogP contribution in [0.2, 0.25) is 5.02 Å². The highest BCUT2D eigenvalue weighted by molar-refractivity contribution is 7.89. The molecule has 0 saturated carbocycles. The van der Waals surface area contributed by atoms with Gasteiger partial charge in [-0.1, -0.05) is 41.4 Å². The summed E-state index contributed by atoms with van der Waals surface area (Å²) in [7, 11) is -2.63. The maximum Gasteiger partial charge on any atom is 0.337 e. The second-order valence-corrected chi connectivity index (χ2v) is 7.09. The molecule has 2 aromatic carbocycles. The highest BCUT2D eigenvalue weighted by Gasteiger charge is 2.20. The number of sulfonamides is 1. The lowest BCUT2D eigenvalue weighted by molar-refractivity contribution is 0.0600. The maximum atomic E-state index is 12.4. The summed E-state index contributed by atoms with van der Waals surface area (Å²) in [6, 6.07) is 11.4. The molecule has 0 aliphatic carbocycles. The molecule has 0 heterocycles. The molecule has 0 spiro atoms. The fourth-order valence-corrected chi connectivity index (χ4v) is 3.57. The van der Waals surface area contributed by atoms with Crippen LogP contribution in [0.25, 0.3) is 0 Å². The van der Waals surface area contributed by atoms with Crippen LogP contribution in [-0.4, -0.2) is 21.5 Å². The van der Waals surface area contributed by atoms with Crippen molar-refractivity contribution in [2.75, 3.05) is 7.11 Å². The first-order valence-corrected chi connectivity index (χ1v) is 8.62. The van der Waals surface area contributed by atoms with Gasteiger partial charge in [-0.2, -0.15) is 0 Å². The van der Waals surface area contributed by atoms with E-state index >= 15 is 0 Å². The molecule has 0 amide bonds. The van der Waals surface area contributed by atoms with E-state index in [1.807, 2.05) is 31.2 Å². The first-order chi connectivity index (χ1) is 10.8. The van der Waals surface area contributed by atoms with E-state index in [2.05, 4.69) is 9.46 Å². The van der Waals surface area contributed by atoms with E-state index in [-0.39, 0.29) is 22.0 Å². The fraction of sp³-hybridized carbons (Fsp3) is 0.188. The van der Waals surface area contributed by atoms with Gasteiger partial charge in [-0.05, 0) is 30.7 Å². The molecule has 122 valence electrons. The zero-order valence-corrected chi connectivity index (χ0v) is 14.2. The monoisotopic (exact) mass is 353 g/mol. The molecular formula is C16H16ClNO4S. The largest absolute Gasteiger partial charge is 0.465 e. The van der Waals surface area contributed by atoms with Gasteiger partial charge < -0.3 is 4.74 Å². The molecule has 0 atom stereocenters. The zero-order chi connectivity index (χ0) is 17.0.